The van der Waals surface area contributed by atoms with Crippen LogP contribution in [0.2, 0.25) is 0 Å². The summed E-state index contributed by atoms with van der Waals surface area (Å²) in [5.74, 6) is -0.600. The van der Waals surface area contributed by atoms with E-state index < -0.39 is 5.82 Å². The predicted octanol–water partition coefficient (Wildman–Crippen LogP) is 2.24. The van der Waals surface area contributed by atoms with Crippen LogP contribution in [-0.2, 0) is 6.42 Å². The van der Waals surface area contributed by atoms with Gasteiger partial charge in [-0.2, -0.15) is 9.37 Å². The molecule has 3 heterocycles. The van der Waals surface area contributed by atoms with Gasteiger partial charge in [-0.3, -0.25) is 4.79 Å². The number of ether oxygens (including phenoxy) is 1. The lowest BCUT2D eigenvalue weighted by atomic mass is 10.3. The maximum absolute atomic E-state index is 14.1. The number of halogens is 1. The summed E-state index contributed by atoms with van der Waals surface area (Å²) in [5.41, 5.74) is 2.73. The molecule has 0 radical (unpaired) electrons. The molecule has 0 bridgehead atoms. The lowest BCUT2D eigenvalue weighted by Gasteiger charge is -2.16. The van der Waals surface area contributed by atoms with Crippen LogP contribution in [0.1, 0.15) is 34.4 Å². The van der Waals surface area contributed by atoms with E-state index >= 15 is 0 Å². The first-order valence-corrected chi connectivity index (χ1v) is 8.33. The van der Waals surface area contributed by atoms with Crippen molar-refractivity contribution in [2.75, 3.05) is 13.1 Å². The minimum absolute atomic E-state index is 0.0369. The van der Waals surface area contributed by atoms with Gasteiger partial charge in [-0.1, -0.05) is 6.92 Å². The maximum Gasteiger partial charge on any atom is 0.265 e. The van der Waals surface area contributed by atoms with Crippen LogP contribution in [0.4, 0.5) is 4.39 Å². The van der Waals surface area contributed by atoms with E-state index in [1.165, 1.54) is 17.7 Å². The summed E-state index contributed by atoms with van der Waals surface area (Å²) in [7, 11) is 0. The number of rotatable bonds is 4. The van der Waals surface area contributed by atoms with Gasteiger partial charge in [0.25, 0.3) is 11.8 Å². The summed E-state index contributed by atoms with van der Waals surface area (Å²) in [6, 6.07) is 0. The van der Waals surface area contributed by atoms with Crippen molar-refractivity contribution in [2.45, 2.75) is 32.8 Å². The zero-order valence-electron chi connectivity index (χ0n) is 13.0. The number of hydrogen-bond acceptors (Lipinski definition) is 6. The minimum Gasteiger partial charge on any atom is -0.470 e. The van der Waals surface area contributed by atoms with E-state index in [2.05, 4.69) is 15.0 Å². The van der Waals surface area contributed by atoms with E-state index in [0.717, 1.165) is 5.69 Å². The van der Waals surface area contributed by atoms with Crippen molar-refractivity contribution in [3.63, 3.8) is 0 Å². The van der Waals surface area contributed by atoms with Crippen molar-refractivity contribution in [1.29, 1.82) is 0 Å². The largest absolute Gasteiger partial charge is 0.470 e. The molecule has 2 aromatic heterocycles. The van der Waals surface area contributed by atoms with Gasteiger partial charge in [0.15, 0.2) is 0 Å². The van der Waals surface area contributed by atoms with Crippen LogP contribution >= 0.6 is 11.3 Å². The van der Waals surface area contributed by atoms with Crippen molar-refractivity contribution in [3.05, 3.63) is 33.9 Å². The normalized spacial score (nSPS) is 17.5. The second kappa shape index (κ2) is 6.57. The zero-order chi connectivity index (χ0) is 16.4. The second-order valence-electron chi connectivity index (χ2n) is 5.34. The Morgan fingerprint density at radius 1 is 1.48 bits per heavy atom. The Labute approximate surface area is 137 Å². The predicted molar refractivity (Wildman–Crippen MR) is 83.2 cm³/mol. The monoisotopic (exact) mass is 336 g/mol. The van der Waals surface area contributed by atoms with Crippen LogP contribution in [0.25, 0.3) is 0 Å². The van der Waals surface area contributed by atoms with E-state index in [-0.39, 0.29) is 17.9 Å². The van der Waals surface area contributed by atoms with Crippen molar-refractivity contribution in [3.8, 4) is 5.88 Å². The topological polar surface area (TPSA) is 68.2 Å². The standard InChI is InChI=1S/C15H17FN4O2S/c1-3-11-12(16)14(18-7-17-11)22-10-4-5-20(6-10)15(21)13-9(2)19-8-23-13/h7-8,10H,3-6H2,1-2H3. The van der Waals surface area contributed by atoms with Gasteiger partial charge in [-0.15, -0.1) is 11.3 Å². The highest BCUT2D eigenvalue weighted by molar-refractivity contribution is 7.11. The number of carbonyl (C=O) groups excluding carboxylic acids is 1. The number of hydrogen-bond donors (Lipinski definition) is 0. The highest BCUT2D eigenvalue weighted by Gasteiger charge is 2.30. The third kappa shape index (κ3) is 3.17. The Kier molecular flexibility index (Phi) is 4.51. The Bertz CT molecular complexity index is 721. The van der Waals surface area contributed by atoms with Gasteiger partial charge in [-0.05, 0) is 13.3 Å². The Balaban J connectivity index is 1.67. The Hall–Kier alpha value is -2.09. The molecular formula is C15H17FN4O2S. The van der Waals surface area contributed by atoms with E-state index in [1.54, 1.807) is 10.4 Å². The summed E-state index contributed by atoms with van der Waals surface area (Å²) >= 11 is 1.33. The molecule has 2 aromatic rings. The van der Waals surface area contributed by atoms with Gasteiger partial charge in [0.1, 0.15) is 17.3 Å². The summed E-state index contributed by atoms with van der Waals surface area (Å²) in [6.45, 7) is 4.63. The fraction of sp³-hybridized carbons (Fsp3) is 0.467. The average molecular weight is 336 g/mol. The van der Waals surface area contributed by atoms with Gasteiger partial charge < -0.3 is 9.64 Å². The van der Waals surface area contributed by atoms with Gasteiger partial charge in [0, 0.05) is 13.0 Å². The highest BCUT2D eigenvalue weighted by atomic mass is 32.1. The van der Waals surface area contributed by atoms with E-state index in [0.29, 0.717) is 36.5 Å². The summed E-state index contributed by atoms with van der Waals surface area (Å²) < 4.78 is 19.8. The molecule has 6 nitrogen and oxygen atoms in total. The van der Waals surface area contributed by atoms with Crippen molar-refractivity contribution in [1.82, 2.24) is 19.9 Å². The zero-order valence-corrected chi connectivity index (χ0v) is 13.8. The van der Waals surface area contributed by atoms with Crippen LogP contribution in [0, 0.1) is 12.7 Å². The molecule has 0 aliphatic carbocycles. The highest BCUT2D eigenvalue weighted by Crippen LogP contribution is 2.23. The van der Waals surface area contributed by atoms with Crippen LogP contribution in [-0.4, -0.2) is 45.0 Å². The second-order valence-corrected chi connectivity index (χ2v) is 6.19. The minimum atomic E-state index is -0.516. The fourth-order valence-electron chi connectivity index (χ4n) is 2.53. The van der Waals surface area contributed by atoms with Crippen molar-refractivity contribution in [2.24, 2.45) is 0 Å². The first-order chi connectivity index (χ1) is 11.1. The third-order valence-corrected chi connectivity index (χ3v) is 4.73. The molecule has 1 atom stereocenters. The molecule has 3 rings (SSSR count). The fourth-order valence-corrected chi connectivity index (χ4v) is 3.30. The van der Waals surface area contributed by atoms with Gasteiger partial charge in [0.2, 0.25) is 5.82 Å². The first kappa shape index (κ1) is 15.8. The third-order valence-electron chi connectivity index (χ3n) is 3.81. The number of nitrogens with zero attached hydrogens (tertiary/aromatic N) is 4. The van der Waals surface area contributed by atoms with Crippen molar-refractivity contribution >= 4 is 17.2 Å². The van der Waals surface area contributed by atoms with Crippen LogP contribution in [0.5, 0.6) is 5.88 Å². The molecular weight excluding hydrogens is 319 g/mol. The van der Waals surface area contributed by atoms with E-state index in [1.807, 2.05) is 13.8 Å². The molecule has 0 saturated carbocycles. The number of carbonyl (C=O) groups is 1. The van der Waals surface area contributed by atoms with Gasteiger partial charge in [0.05, 0.1) is 23.4 Å². The van der Waals surface area contributed by atoms with Gasteiger partial charge >= 0.3 is 0 Å². The average Bonchev–Trinajstić information content (AvgIpc) is 3.18. The molecule has 0 aromatic carbocycles. The molecule has 1 aliphatic heterocycles. The van der Waals surface area contributed by atoms with Crippen LogP contribution < -0.4 is 4.74 Å². The molecule has 1 fully saturated rings. The van der Waals surface area contributed by atoms with E-state index in [9.17, 15) is 9.18 Å². The summed E-state index contributed by atoms with van der Waals surface area (Å²) in [5, 5.41) is 0. The lowest BCUT2D eigenvalue weighted by Crippen LogP contribution is -2.31. The quantitative estimate of drug-likeness (QED) is 0.856. The van der Waals surface area contributed by atoms with Crippen LogP contribution in [0.3, 0.4) is 0 Å². The Morgan fingerprint density at radius 3 is 3.00 bits per heavy atom. The molecule has 122 valence electrons. The SMILES string of the molecule is CCc1ncnc(OC2CCN(C(=O)c3scnc3C)C2)c1F. The molecule has 0 spiro atoms. The number of thiazole rings is 1. The van der Waals surface area contributed by atoms with Gasteiger partial charge in [-0.25, -0.2) is 9.97 Å². The maximum atomic E-state index is 14.1. The molecule has 1 aliphatic rings. The lowest BCUT2D eigenvalue weighted by molar-refractivity contribution is 0.0773. The smallest absolute Gasteiger partial charge is 0.265 e. The van der Waals surface area contributed by atoms with Crippen molar-refractivity contribution < 1.29 is 13.9 Å². The number of likely N-dealkylation sites (tertiary alicyclic amines) is 1. The summed E-state index contributed by atoms with van der Waals surface area (Å²) in [6.07, 6.45) is 2.16. The molecule has 23 heavy (non-hydrogen) atoms. The molecule has 1 amide bonds. The first-order valence-electron chi connectivity index (χ1n) is 7.45. The number of aromatic nitrogens is 3. The summed E-state index contributed by atoms with van der Waals surface area (Å²) in [4.78, 5) is 26.6. The number of aryl methyl sites for hydroxylation is 2. The molecule has 0 N–H and O–H groups in total. The molecule has 1 saturated heterocycles. The number of amides is 1. The molecule has 1 unspecified atom stereocenters. The van der Waals surface area contributed by atoms with E-state index in [4.69, 9.17) is 4.74 Å². The van der Waals surface area contributed by atoms with Crippen LogP contribution in [0.15, 0.2) is 11.8 Å². The molecule has 8 heteroatoms. The Morgan fingerprint density at radius 2 is 2.30 bits per heavy atom.